The van der Waals surface area contributed by atoms with Gasteiger partial charge in [-0.05, 0) is 32.9 Å². The van der Waals surface area contributed by atoms with Crippen LogP contribution in [-0.4, -0.2) is 53.4 Å². The molecule has 2 heterocycles. The van der Waals surface area contributed by atoms with Crippen molar-refractivity contribution in [2.75, 3.05) is 32.7 Å². The summed E-state index contributed by atoms with van der Waals surface area (Å²) in [6, 6.07) is 0. The summed E-state index contributed by atoms with van der Waals surface area (Å²) >= 11 is 0. The quantitative estimate of drug-likeness (QED) is 0.417. The van der Waals surface area contributed by atoms with Gasteiger partial charge in [-0.2, -0.15) is 5.10 Å². The lowest BCUT2D eigenvalue weighted by atomic mass is 10.1. The van der Waals surface area contributed by atoms with E-state index >= 15 is 0 Å². The van der Waals surface area contributed by atoms with Gasteiger partial charge in [-0.15, -0.1) is 24.0 Å². The number of hydrogen-bond donors (Lipinski definition) is 2. The molecule has 126 valence electrons. The maximum Gasteiger partial charge on any atom is 0.191 e. The van der Waals surface area contributed by atoms with E-state index in [1.54, 1.807) is 0 Å². The van der Waals surface area contributed by atoms with Crippen molar-refractivity contribution in [2.45, 2.75) is 32.7 Å². The van der Waals surface area contributed by atoms with E-state index in [0.29, 0.717) is 6.54 Å². The fourth-order valence-corrected chi connectivity index (χ4v) is 2.58. The van der Waals surface area contributed by atoms with Gasteiger partial charge < -0.3 is 15.5 Å². The summed E-state index contributed by atoms with van der Waals surface area (Å²) in [7, 11) is 1.93. The van der Waals surface area contributed by atoms with Gasteiger partial charge in [0, 0.05) is 38.4 Å². The molecule has 0 aliphatic carbocycles. The summed E-state index contributed by atoms with van der Waals surface area (Å²) < 4.78 is 1.81. The fourth-order valence-electron chi connectivity index (χ4n) is 2.58. The first-order chi connectivity index (χ1) is 10.3. The summed E-state index contributed by atoms with van der Waals surface area (Å²) in [5, 5.41) is 10.9. The fraction of sp³-hybridized carbons (Fsp3) is 0.733. The third-order valence-corrected chi connectivity index (χ3v) is 3.69. The molecular weight excluding hydrogens is 391 g/mol. The Kier molecular flexibility index (Phi) is 9.45. The smallest absolute Gasteiger partial charge is 0.191 e. The van der Waals surface area contributed by atoms with Gasteiger partial charge in [-0.1, -0.05) is 6.42 Å². The molecule has 0 bridgehead atoms. The molecule has 0 radical (unpaired) electrons. The minimum Gasteiger partial charge on any atom is -0.357 e. The van der Waals surface area contributed by atoms with Crippen LogP contribution < -0.4 is 10.6 Å². The number of aromatic nitrogens is 2. The Morgan fingerprint density at radius 2 is 2.05 bits per heavy atom. The molecule has 6 nitrogen and oxygen atoms in total. The number of halogens is 1. The minimum absolute atomic E-state index is 0. The van der Waals surface area contributed by atoms with Gasteiger partial charge in [0.2, 0.25) is 0 Å². The Hall–Kier alpha value is -0.830. The number of aliphatic imine (C=N–C) groups is 1. The normalized spacial score (nSPS) is 16.2. The first-order valence-corrected chi connectivity index (χ1v) is 8.00. The molecule has 22 heavy (non-hydrogen) atoms. The summed E-state index contributed by atoms with van der Waals surface area (Å²) in [5.74, 6) is 0.887. The van der Waals surface area contributed by atoms with Crippen molar-refractivity contribution < 1.29 is 0 Å². The lowest BCUT2D eigenvalue weighted by molar-refractivity contribution is 0.232. The van der Waals surface area contributed by atoms with Gasteiger partial charge in [-0.25, -0.2) is 4.99 Å². The highest BCUT2D eigenvalue weighted by Gasteiger charge is 2.09. The molecule has 0 amide bonds. The van der Waals surface area contributed by atoms with E-state index in [0.717, 1.165) is 31.2 Å². The number of likely N-dealkylation sites (tertiary alicyclic amines) is 1. The van der Waals surface area contributed by atoms with Crippen molar-refractivity contribution >= 4 is 29.9 Å². The predicted molar refractivity (Wildman–Crippen MR) is 102 cm³/mol. The first-order valence-electron chi connectivity index (χ1n) is 8.00. The highest BCUT2D eigenvalue weighted by molar-refractivity contribution is 14.0. The van der Waals surface area contributed by atoms with Crippen LogP contribution in [0.5, 0.6) is 0 Å². The van der Waals surface area contributed by atoms with Crippen LogP contribution in [0.2, 0.25) is 0 Å². The topological polar surface area (TPSA) is 57.5 Å². The van der Waals surface area contributed by atoms with Crippen LogP contribution in [-0.2, 0) is 13.6 Å². The van der Waals surface area contributed by atoms with E-state index < -0.39 is 0 Å². The molecule has 1 aliphatic heterocycles. The van der Waals surface area contributed by atoms with Crippen molar-refractivity contribution in [3.63, 3.8) is 0 Å². The second-order valence-corrected chi connectivity index (χ2v) is 5.55. The van der Waals surface area contributed by atoms with Crippen molar-refractivity contribution in [3.05, 3.63) is 18.0 Å². The van der Waals surface area contributed by atoms with E-state index in [9.17, 15) is 0 Å². The Morgan fingerprint density at radius 3 is 2.68 bits per heavy atom. The standard InChI is InChI=1S/C15H28N6.HI/c1-3-16-15(18-11-14-12-19-20(2)13-14)17-7-10-21-8-5-4-6-9-21;/h12-13H,3-11H2,1-2H3,(H2,16,17,18);1H. The summed E-state index contributed by atoms with van der Waals surface area (Å²) in [6.07, 6.45) is 7.94. The van der Waals surface area contributed by atoms with Gasteiger partial charge in [-0.3, -0.25) is 4.68 Å². The Labute approximate surface area is 150 Å². The summed E-state index contributed by atoms with van der Waals surface area (Å²) in [5.41, 5.74) is 1.13. The second kappa shape index (κ2) is 10.8. The molecule has 1 aromatic rings. The van der Waals surface area contributed by atoms with E-state index in [1.165, 1.54) is 32.4 Å². The van der Waals surface area contributed by atoms with Gasteiger partial charge in [0.25, 0.3) is 0 Å². The molecule has 0 atom stereocenters. The molecule has 7 heteroatoms. The lowest BCUT2D eigenvalue weighted by Gasteiger charge is -2.26. The van der Waals surface area contributed by atoms with Gasteiger partial charge >= 0.3 is 0 Å². The van der Waals surface area contributed by atoms with Crippen LogP contribution >= 0.6 is 24.0 Å². The van der Waals surface area contributed by atoms with Crippen molar-refractivity contribution in [3.8, 4) is 0 Å². The average molecular weight is 420 g/mol. The molecule has 1 fully saturated rings. The molecular formula is C15H29IN6. The first kappa shape index (κ1) is 19.2. The van der Waals surface area contributed by atoms with Crippen LogP contribution in [0.1, 0.15) is 31.7 Å². The average Bonchev–Trinajstić information content (AvgIpc) is 2.91. The molecule has 0 aromatic carbocycles. The minimum atomic E-state index is 0. The highest BCUT2D eigenvalue weighted by Crippen LogP contribution is 2.07. The summed E-state index contributed by atoms with van der Waals surface area (Å²) in [4.78, 5) is 7.13. The number of hydrogen-bond acceptors (Lipinski definition) is 3. The largest absolute Gasteiger partial charge is 0.357 e. The van der Waals surface area contributed by atoms with Crippen LogP contribution in [0.25, 0.3) is 0 Å². The number of piperidine rings is 1. The maximum absolute atomic E-state index is 4.60. The van der Waals surface area contributed by atoms with Crippen LogP contribution in [0, 0.1) is 0 Å². The number of nitrogens with zero attached hydrogens (tertiary/aromatic N) is 4. The number of aryl methyl sites for hydroxylation is 1. The molecule has 1 aromatic heterocycles. The zero-order valence-electron chi connectivity index (χ0n) is 13.7. The van der Waals surface area contributed by atoms with Crippen molar-refractivity contribution in [2.24, 2.45) is 12.0 Å². The monoisotopic (exact) mass is 420 g/mol. The Morgan fingerprint density at radius 1 is 1.27 bits per heavy atom. The molecule has 1 aliphatic rings. The number of rotatable bonds is 6. The van der Waals surface area contributed by atoms with Gasteiger partial charge in [0.05, 0.1) is 12.7 Å². The van der Waals surface area contributed by atoms with E-state index in [-0.39, 0.29) is 24.0 Å². The number of guanidine groups is 1. The predicted octanol–water partition coefficient (Wildman–Crippen LogP) is 1.58. The van der Waals surface area contributed by atoms with Crippen molar-refractivity contribution in [1.82, 2.24) is 25.3 Å². The molecule has 0 saturated carbocycles. The Bertz CT molecular complexity index is 439. The SMILES string of the molecule is CCNC(=NCc1cnn(C)c1)NCCN1CCCCC1.I. The number of nitrogens with one attached hydrogen (secondary N) is 2. The van der Waals surface area contributed by atoms with Gasteiger partial charge in [0.1, 0.15) is 0 Å². The zero-order valence-corrected chi connectivity index (χ0v) is 16.0. The molecule has 0 spiro atoms. The summed E-state index contributed by atoms with van der Waals surface area (Å²) in [6.45, 7) is 8.15. The van der Waals surface area contributed by atoms with E-state index in [1.807, 2.05) is 24.1 Å². The Balaban J connectivity index is 0.00000242. The third kappa shape index (κ3) is 6.95. The van der Waals surface area contributed by atoms with Gasteiger partial charge in [0.15, 0.2) is 5.96 Å². The lowest BCUT2D eigenvalue weighted by Crippen LogP contribution is -2.42. The highest BCUT2D eigenvalue weighted by atomic mass is 127. The van der Waals surface area contributed by atoms with Crippen LogP contribution in [0.15, 0.2) is 17.4 Å². The van der Waals surface area contributed by atoms with Crippen molar-refractivity contribution in [1.29, 1.82) is 0 Å². The van der Waals surface area contributed by atoms with E-state index in [4.69, 9.17) is 0 Å². The third-order valence-electron chi connectivity index (χ3n) is 3.69. The van der Waals surface area contributed by atoms with E-state index in [2.05, 4.69) is 32.5 Å². The maximum atomic E-state index is 4.60. The molecule has 2 rings (SSSR count). The van der Waals surface area contributed by atoms with Crippen LogP contribution in [0.4, 0.5) is 0 Å². The van der Waals surface area contributed by atoms with Crippen LogP contribution in [0.3, 0.4) is 0 Å². The zero-order chi connectivity index (χ0) is 14.9. The molecule has 1 saturated heterocycles. The molecule has 0 unspecified atom stereocenters. The second-order valence-electron chi connectivity index (χ2n) is 5.55. The molecule has 2 N–H and O–H groups in total.